The largest absolute Gasteiger partial charge is 0.507 e. The second-order valence-electron chi connectivity index (χ2n) is 9.46. The number of ketones is 1. The van der Waals surface area contributed by atoms with E-state index in [9.17, 15) is 20.0 Å². The number of benzene rings is 5. The molecule has 0 saturated heterocycles. The van der Waals surface area contributed by atoms with E-state index in [1.807, 2.05) is 103 Å². The molecular weight excluding hydrogens is 550 g/mol. The lowest BCUT2D eigenvalue weighted by atomic mass is 9.93. The van der Waals surface area contributed by atoms with Gasteiger partial charge < -0.3 is 14.6 Å². The molecule has 0 unspecified atom stereocenters. The normalized spacial score (nSPS) is 9.91. The van der Waals surface area contributed by atoms with Crippen LogP contribution in [-0.2, 0) is 16.1 Å². The SMILES string of the molecule is CCOC(=O)C(C#N)=C(c1ccccc1)c1ccccc1.O=C(c1ccccc1)c1ccc(OCc2ccccc2)cc1O. The first-order valence-electron chi connectivity index (χ1n) is 14.0. The van der Waals surface area contributed by atoms with Crippen molar-refractivity contribution >= 4 is 17.3 Å². The summed E-state index contributed by atoms with van der Waals surface area (Å²) in [5.74, 6) is -0.360. The number of rotatable bonds is 9. The Kier molecular flexibility index (Phi) is 11.2. The van der Waals surface area contributed by atoms with Crippen molar-refractivity contribution in [3.63, 3.8) is 0 Å². The third-order valence-electron chi connectivity index (χ3n) is 6.46. The molecule has 44 heavy (non-hydrogen) atoms. The van der Waals surface area contributed by atoms with Gasteiger partial charge in [0.05, 0.1) is 12.2 Å². The number of esters is 1. The average Bonchev–Trinajstić information content (AvgIpc) is 3.08. The highest BCUT2D eigenvalue weighted by molar-refractivity contribution is 6.10. The fourth-order valence-electron chi connectivity index (χ4n) is 4.35. The fraction of sp³-hybridized carbons (Fsp3) is 0.0789. The molecule has 0 aliphatic rings. The topological polar surface area (TPSA) is 96.6 Å². The molecule has 0 aliphatic carbocycles. The summed E-state index contributed by atoms with van der Waals surface area (Å²) >= 11 is 0. The second kappa shape index (κ2) is 15.9. The van der Waals surface area contributed by atoms with Gasteiger partial charge in [-0.25, -0.2) is 4.79 Å². The summed E-state index contributed by atoms with van der Waals surface area (Å²) in [7, 11) is 0. The van der Waals surface area contributed by atoms with Gasteiger partial charge in [-0.3, -0.25) is 4.79 Å². The van der Waals surface area contributed by atoms with Crippen LogP contribution in [0.25, 0.3) is 5.57 Å². The maximum absolute atomic E-state index is 12.4. The number of aromatic hydroxyl groups is 1. The van der Waals surface area contributed by atoms with Gasteiger partial charge in [-0.1, -0.05) is 121 Å². The predicted molar refractivity (Wildman–Crippen MR) is 170 cm³/mol. The van der Waals surface area contributed by atoms with Gasteiger partial charge in [0.2, 0.25) is 0 Å². The first-order valence-corrected chi connectivity index (χ1v) is 14.0. The summed E-state index contributed by atoms with van der Waals surface area (Å²) < 4.78 is 10.6. The van der Waals surface area contributed by atoms with Gasteiger partial charge in [0, 0.05) is 17.2 Å². The Morgan fingerprint density at radius 3 is 1.68 bits per heavy atom. The summed E-state index contributed by atoms with van der Waals surface area (Å²) in [6.07, 6.45) is 0. The van der Waals surface area contributed by atoms with E-state index in [-0.39, 0.29) is 29.3 Å². The van der Waals surface area contributed by atoms with Crippen molar-refractivity contribution in [3.8, 4) is 17.6 Å². The maximum Gasteiger partial charge on any atom is 0.349 e. The number of carbonyl (C=O) groups is 2. The zero-order valence-electron chi connectivity index (χ0n) is 24.2. The minimum absolute atomic E-state index is 0.0225. The second-order valence-corrected chi connectivity index (χ2v) is 9.46. The number of phenolic OH excluding ortho intramolecular Hbond substituents is 1. The Labute approximate surface area is 257 Å². The van der Waals surface area contributed by atoms with E-state index >= 15 is 0 Å². The molecule has 0 radical (unpaired) electrons. The molecule has 0 bridgehead atoms. The van der Waals surface area contributed by atoms with Gasteiger partial charge in [0.1, 0.15) is 29.7 Å². The Hall–Kier alpha value is -5.93. The fourth-order valence-corrected chi connectivity index (χ4v) is 4.35. The van der Waals surface area contributed by atoms with Crippen LogP contribution in [0.2, 0.25) is 0 Å². The number of hydrogen-bond acceptors (Lipinski definition) is 6. The van der Waals surface area contributed by atoms with Crippen LogP contribution in [0.1, 0.15) is 39.5 Å². The Morgan fingerprint density at radius 1 is 0.705 bits per heavy atom. The molecule has 5 aromatic rings. The van der Waals surface area contributed by atoms with Gasteiger partial charge in [-0.05, 0) is 35.7 Å². The highest BCUT2D eigenvalue weighted by atomic mass is 16.5. The summed E-state index contributed by atoms with van der Waals surface area (Å²) in [6.45, 7) is 2.37. The van der Waals surface area contributed by atoms with E-state index in [1.165, 1.54) is 6.07 Å². The van der Waals surface area contributed by atoms with Gasteiger partial charge in [0.25, 0.3) is 0 Å². The quantitative estimate of drug-likeness (QED) is 0.0827. The molecule has 0 aliphatic heterocycles. The summed E-state index contributed by atoms with van der Waals surface area (Å²) in [5.41, 5.74) is 4.09. The maximum atomic E-state index is 12.4. The van der Waals surface area contributed by atoms with Gasteiger partial charge in [-0.15, -0.1) is 0 Å². The monoisotopic (exact) mass is 581 g/mol. The third kappa shape index (κ3) is 8.31. The Morgan fingerprint density at radius 2 is 1.20 bits per heavy atom. The molecule has 0 fully saturated rings. The summed E-state index contributed by atoms with van der Waals surface area (Å²) in [4.78, 5) is 24.4. The first kappa shape index (κ1) is 31.0. The zero-order chi connectivity index (χ0) is 31.1. The molecular formula is C38H31NO5. The Bertz CT molecular complexity index is 1700. The van der Waals surface area contributed by atoms with E-state index in [2.05, 4.69) is 0 Å². The highest BCUT2D eigenvalue weighted by Crippen LogP contribution is 2.28. The number of hydrogen-bond donors (Lipinski definition) is 1. The number of phenols is 1. The molecule has 6 heteroatoms. The van der Waals surface area contributed by atoms with Crippen molar-refractivity contribution in [2.75, 3.05) is 6.61 Å². The number of nitriles is 1. The molecule has 5 rings (SSSR count). The summed E-state index contributed by atoms with van der Waals surface area (Å²) in [5, 5.41) is 19.5. The zero-order valence-corrected chi connectivity index (χ0v) is 24.2. The molecule has 0 spiro atoms. The van der Waals surface area contributed by atoms with Crippen LogP contribution in [0.5, 0.6) is 11.5 Å². The lowest BCUT2D eigenvalue weighted by Crippen LogP contribution is -2.09. The van der Waals surface area contributed by atoms with E-state index in [0.29, 0.717) is 23.5 Å². The van der Waals surface area contributed by atoms with Crippen molar-refractivity contribution in [2.24, 2.45) is 0 Å². The molecule has 6 nitrogen and oxygen atoms in total. The highest BCUT2D eigenvalue weighted by Gasteiger charge is 2.19. The van der Waals surface area contributed by atoms with E-state index in [4.69, 9.17) is 9.47 Å². The van der Waals surface area contributed by atoms with Crippen molar-refractivity contribution in [1.82, 2.24) is 0 Å². The molecule has 0 heterocycles. The van der Waals surface area contributed by atoms with E-state index < -0.39 is 5.97 Å². The third-order valence-corrected chi connectivity index (χ3v) is 6.46. The van der Waals surface area contributed by atoms with Gasteiger partial charge in [0.15, 0.2) is 5.78 Å². The predicted octanol–water partition coefficient (Wildman–Crippen LogP) is 7.78. The molecule has 0 atom stereocenters. The summed E-state index contributed by atoms with van der Waals surface area (Å²) in [6, 6.07) is 44.2. The van der Waals surface area contributed by atoms with Gasteiger partial charge >= 0.3 is 5.97 Å². The first-order chi connectivity index (χ1) is 21.5. The van der Waals surface area contributed by atoms with Crippen LogP contribution < -0.4 is 4.74 Å². The van der Waals surface area contributed by atoms with Crippen LogP contribution in [0.15, 0.2) is 145 Å². The smallest absolute Gasteiger partial charge is 0.349 e. The number of carbonyl (C=O) groups excluding carboxylic acids is 2. The molecule has 0 aromatic heterocycles. The van der Waals surface area contributed by atoms with Crippen molar-refractivity contribution in [1.29, 1.82) is 5.26 Å². The molecule has 0 saturated carbocycles. The molecule has 0 amide bonds. The van der Waals surface area contributed by atoms with E-state index in [1.54, 1.807) is 43.3 Å². The van der Waals surface area contributed by atoms with Crippen molar-refractivity contribution in [2.45, 2.75) is 13.5 Å². The van der Waals surface area contributed by atoms with Crippen LogP contribution in [0.4, 0.5) is 0 Å². The van der Waals surface area contributed by atoms with Crippen molar-refractivity contribution in [3.05, 3.63) is 173 Å². The standard InChI is InChI=1S/C20H16O3.C18H15NO2/c21-19-13-17(23-14-15-7-3-1-4-8-15)11-12-18(19)20(22)16-9-5-2-6-10-16;1-2-21-18(20)16(13-19)17(14-9-5-3-6-10-14)15-11-7-4-8-12-15/h1-13,21H,14H2;3-12H,2H2,1H3. The van der Waals surface area contributed by atoms with Crippen LogP contribution in [-0.4, -0.2) is 23.5 Å². The number of ether oxygens (including phenoxy) is 2. The van der Waals surface area contributed by atoms with Gasteiger partial charge in [-0.2, -0.15) is 5.26 Å². The minimum atomic E-state index is -0.595. The lowest BCUT2D eigenvalue weighted by Gasteiger charge is -2.11. The van der Waals surface area contributed by atoms with Crippen LogP contribution >= 0.6 is 0 Å². The molecule has 5 aromatic carbocycles. The van der Waals surface area contributed by atoms with E-state index in [0.717, 1.165) is 16.7 Å². The Balaban J connectivity index is 0.000000202. The van der Waals surface area contributed by atoms with Crippen LogP contribution in [0, 0.1) is 11.3 Å². The lowest BCUT2D eigenvalue weighted by molar-refractivity contribution is -0.137. The average molecular weight is 582 g/mol. The number of nitrogens with zero attached hydrogens (tertiary/aromatic N) is 1. The molecule has 218 valence electrons. The minimum Gasteiger partial charge on any atom is -0.507 e. The van der Waals surface area contributed by atoms with Crippen LogP contribution in [0.3, 0.4) is 0 Å². The van der Waals surface area contributed by atoms with Crippen molar-refractivity contribution < 1.29 is 24.2 Å². The molecule has 1 N–H and O–H groups in total.